The second kappa shape index (κ2) is 6.07. The molecule has 0 spiro atoms. The normalized spacial score (nSPS) is 16.1. The third-order valence-corrected chi connectivity index (χ3v) is 4.22. The minimum Gasteiger partial charge on any atom is -0.508 e. The fourth-order valence-corrected chi connectivity index (χ4v) is 3.04. The van der Waals surface area contributed by atoms with Crippen molar-refractivity contribution in [2.24, 2.45) is 0 Å². The van der Waals surface area contributed by atoms with Gasteiger partial charge < -0.3 is 9.67 Å². The summed E-state index contributed by atoms with van der Waals surface area (Å²) in [7, 11) is 0. The molecule has 6 heteroatoms. The molecule has 0 bridgehead atoms. The highest BCUT2D eigenvalue weighted by atomic mass is 32.2. The number of benzene rings is 1. The number of carbonyl (C=O) groups is 2. The van der Waals surface area contributed by atoms with Gasteiger partial charge in [0.2, 0.25) is 0 Å². The summed E-state index contributed by atoms with van der Waals surface area (Å²) in [5.74, 6) is 2.11. The lowest BCUT2D eigenvalue weighted by molar-refractivity contribution is -0.122. The molecular weight excluding hydrogens is 312 g/mol. The average molecular weight is 324 g/mol. The van der Waals surface area contributed by atoms with E-state index in [0.29, 0.717) is 4.91 Å². The summed E-state index contributed by atoms with van der Waals surface area (Å²) in [4.78, 5) is 25.4. The molecule has 2 heterocycles. The Hall–Kier alpha value is -2.91. The second-order valence-corrected chi connectivity index (χ2v) is 5.78. The van der Waals surface area contributed by atoms with Gasteiger partial charge in [-0.05, 0) is 54.2 Å². The van der Waals surface area contributed by atoms with Gasteiger partial charge in [-0.3, -0.25) is 14.5 Å². The van der Waals surface area contributed by atoms with Gasteiger partial charge in [-0.15, -0.1) is 6.42 Å². The molecule has 1 saturated heterocycles. The second-order valence-electron chi connectivity index (χ2n) is 4.79. The van der Waals surface area contributed by atoms with Crippen molar-refractivity contribution < 1.29 is 14.7 Å². The molecule has 1 aromatic carbocycles. The molecule has 1 aromatic heterocycles. The minimum atomic E-state index is -0.378. The zero-order valence-electron chi connectivity index (χ0n) is 12.0. The van der Waals surface area contributed by atoms with E-state index in [1.54, 1.807) is 30.3 Å². The van der Waals surface area contributed by atoms with Crippen LogP contribution in [0.25, 0.3) is 11.8 Å². The number of aromatic nitrogens is 1. The third kappa shape index (κ3) is 2.87. The quantitative estimate of drug-likeness (QED) is 0.696. The molecular formula is C17H12N2O3S. The topological polar surface area (TPSA) is 62.5 Å². The Bertz CT molecular complexity index is 843. The lowest BCUT2D eigenvalue weighted by Gasteiger charge is -2.08. The largest absolute Gasteiger partial charge is 0.508 e. The van der Waals surface area contributed by atoms with Gasteiger partial charge in [-0.2, -0.15) is 0 Å². The molecule has 1 aliphatic rings. The summed E-state index contributed by atoms with van der Waals surface area (Å²) in [5, 5.41) is 9.01. The minimum absolute atomic E-state index is 0.0268. The van der Waals surface area contributed by atoms with E-state index < -0.39 is 0 Å². The Balaban J connectivity index is 1.94. The predicted octanol–water partition coefficient (Wildman–Crippen LogP) is 2.85. The molecule has 1 N–H and O–H groups in total. The van der Waals surface area contributed by atoms with Gasteiger partial charge in [0.1, 0.15) is 5.75 Å². The third-order valence-electron chi connectivity index (χ3n) is 3.31. The van der Waals surface area contributed by atoms with Crippen LogP contribution in [0, 0.1) is 12.3 Å². The number of hydrogen-bond donors (Lipinski definition) is 1. The smallest absolute Gasteiger partial charge is 0.294 e. The van der Waals surface area contributed by atoms with Crippen molar-refractivity contribution >= 4 is 29.0 Å². The number of amides is 2. The van der Waals surface area contributed by atoms with Crippen LogP contribution in [-0.2, 0) is 4.79 Å². The molecule has 23 heavy (non-hydrogen) atoms. The van der Waals surface area contributed by atoms with E-state index in [-0.39, 0.29) is 23.4 Å². The lowest BCUT2D eigenvalue weighted by atomic mass is 10.3. The van der Waals surface area contributed by atoms with Crippen LogP contribution < -0.4 is 0 Å². The number of thioether (sulfide) groups is 1. The van der Waals surface area contributed by atoms with E-state index in [2.05, 4.69) is 5.92 Å². The predicted molar refractivity (Wildman–Crippen MR) is 88.9 cm³/mol. The van der Waals surface area contributed by atoms with Gasteiger partial charge in [-0.1, -0.05) is 5.92 Å². The monoisotopic (exact) mass is 324 g/mol. The van der Waals surface area contributed by atoms with Crippen LogP contribution in [-0.4, -0.2) is 32.3 Å². The number of hydrogen-bond acceptors (Lipinski definition) is 4. The zero-order chi connectivity index (χ0) is 16.4. The molecule has 0 saturated carbocycles. The van der Waals surface area contributed by atoms with Crippen LogP contribution >= 0.6 is 11.8 Å². The van der Waals surface area contributed by atoms with Crippen LogP contribution in [0.3, 0.4) is 0 Å². The molecule has 1 fully saturated rings. The Morgan fingerprint density at radius 3 is 2.65 bits per heavy atom. The summed E-state index contributed by atoms with van der Waals surface area (Å²) in [5.41, 5.74) is 1.59. The molecule has 5 nitrogen and oxygen atoms in total. The van der Waals surface area contributed by atoms with Gasteiger partial charge in [0, 0.05) is 17.6 Å². The van der Waals surface area contributed by atoms with Gasteiger partial charge in [0.05, 0.1) is 11.4 Å². The summed E-state index contributed by atoms with van der Waals surface area (Å²) in [6.07, 6.45) is 8.68. The summed E-state index contributed by atoms with van der Waals surface area (Å²) < 4.78 is 1.86. The Morgan fingerprint density at radius 2 is 1.96 bits per heavy atom. The van der Waals surface area contributed by atoms with Gasteiger partial charge in [0.15, 0.2) is 0 Å². The van der Waals surface area contributed by atoms with Crippen LogP contribution in [0.2, 0.25) is 0 Å². The van der Waals surface area contributed by atoms with Crippen LogP contribution in [0.4, 0.5) is 4.79 Å². The molecule has 0 unspecified atom stereocenters. The fraction of sp³-hybridized carbons (Fsp3) is 0.0588. The number of terminal acetylenes is 1. The molecule has 0 atom stereocenters. The first-order chi connectivity index (χ1) is 11.1. The summed E-state index contributed by atoms with van der Waals surface area (Å²) in [6.45, 7) is -0.0268. The van der Waals surface area contributed by atoms with Gasteiger partial charge in [-0.25, -0.2) is 0 Å². The Kier molecular flexibility index (Phi) is 3.96. The lowest BCUT2D eigenvalue weighted by Crippen LogP contribution is -2.28. The van der Waals surface area contributed by atoms with E-state index in [4.69, 9.17) is 6.42 Å². The molecule has 114 valence electrons. The number of nitrogens with zero attached hydrogens (tertiary/aromatic N) is 2. The fourth-order valence-electron chi connectivity index (χ4n) is 2.22. The highest BCUT2D eigenvalue weighted by Crippen LogP contribution is 2.32. The standard InChI is InChI=1S/C17H12N2O3S/c1-2-9-19-16(21)15(23-17(19)22)11-13-4-3-10-18(13)12-5-7-14(20)8-6-12/h1,3-8,10-11,20H,9H2/b15-11+. The van der Waals surface area contributed by atoms with Crippen LogP contribution in [0.15, 0.2) is 47.5 Å². The maximum Gasteiger partial charge on any atom is 0.294 e. The molecule has 2 aromatic rings. The number of phenols is 1. The molecule has 2 amide bonds. The Labute approximate surface area is 137 Å². The number of phenolic OH excluding ortho intramolecular Hbond substituents is 1. The van der Waals surface area contributed by atoms with Crippen molar-refractivity contribution in [2.45, 2.75) is 0 Å². The zero-order valence-corrected chi connectivity index (χ0v) is 12.8. The van der Waals surface area contributed by atoms with Gasteiger partial charge >= 0.3 is 0 Å². The van der Waals surface area contributed by atoms with Crippen LogP contribution in [0.1, 0.15) is 5.69 Å². The highest BCUT2D eigenvalue weighted by molar-refractivity contribution is 8.18. The molecule has 1 aliphatic heterocycles. The first kappa shape index (κ1) is 15.0. The highest BCUT2D eigenvalue weighted by Gasteiger charge is 2.34. The maximum absolute atomic E-state index is 12.2. The summed E-state index contributed by atoms with van der Waals surface area (Å²) >= 11 is 0.876. The SMILES string of the molecule is C#CCN1C(=O)S/C(=C/c2cccn2-c2ccc(O)cc2)C1=O. The summed E-state index contributed by atoms with van der Waals surface area (Å²) in [6, 6.07) is 10.4. The van der Waals surface area contributed by atoms with Crippen molar-refractivity contribution in [1.82, 2.24) is 9.47 Å². The van der Waals surface area contributed by atoms with Gasteiger partial charge in [0.25, 0.3) is 11.1 Å². The maximum atomic E-state index is 12.2. The molecule has 0 aliphatic carbocycles. The first-order valence-corrected chi connectivity index (χ1v) is 7.57. The first-order valence-electron chi connectivity index (χ1n) is 6.76. The average Bonchev–Trinajstić information content (AvgIpc) is 3.09. The Morgan fingerprint density at radius 1 is 1.22 bits per heavy atom. The number of rotatable bonds is 3. The van der Waals surface area contributed by atoms with E-state index in [1.807, 2.05) is 22.9 Å². The van der Waals surface area contributed by atoms with Crippen LogP contribution in [0.5, 0.6) is 5.75 Å². The number of imide groups is 1. The van der Waals surface area contributed by atoms with E-state index >= 15 is 0 Å². The van der Waals surface area contributed by atoms with Crippen molar-refractivity contribution in [2.75, 3.05) is 6.54 Å². The molecule has 0 radical (unpaired) electrons. The number of carbonyl (C=O) groups excluding carboxylic acids is 2. The van der Waals surface area contributed by atoms with Crippen molar-refractivity contribution in [3.63, 3.8) is 0 Å². The molecule has 3 rings (SSSR count). The van der Waals surface area contributed by atoms with Crippen molar-refractivity contribution in [3.05, 3.63) is 53.2 Å². The van der Waals surface area contributed by atoms with E-state index in [1.165, 1.54) is 0 Å². The van der Waals surface area contributed by atoms with Crippen molar-refractivity contribution in [3.8, 4) is 23.8 Å². The van der Waals surface area contributed by atoms with Crippen molar-refractivity contribution in [1.29, 1.82) is 0 Å². The number of aromatic hydroxyl groups is 1. The van der Waals surface area contributed by atoms with E-state index in [9.17, 15) is 14.7 Å². The van der Waals surface area contributed by atoms with E-state index in [0.717, 1.165) is 28.0 Å².